The van der Waals surface area contributed by atoms with Crippen LogP contribution in [0.15, 0.2) is 77.8 Å². The molecule has 0 aliphatic heterocycles. The Bertz CT molecular complexity index is 1120. The number of thioether (sulfide) groups is 1. The van der Waals surface area contributed by atoms with Crippen molar-refractivity contribution < 1.29 is 9.47 Å². The number of benzene rings is 2. The highest BCUT2D eigenvalue weighted by Gasteiger charge is 2.14. The minimum Gasteiger partial charge on any atom is -0.497 e. The predicted molar refractivity (Wildman–Crippen MR) is 125 cm³/mol. The van der Waals surface area contributed by atoms with Crippen molar-refractivity contribution in [2.75, 3.05) is 7.11 Å². The maximum atomic E-state index is 5.87. The van der Waals surface area contributed by atoms with Gasteiger partial charge in [-0.2, -0.15) is 0 Å². The summed E-state index contributed by atoms with van der Waals surface area (Å²) in [7, 11) is 1.64. The fourth-order valence-electron chi connectivity index (χ4n) is 2.89. The van der Waals surface area contributed by atoms with Gasteiger partial charge in [0.05, 0.1) is 12.8 Å². The molecule has 0 spiro atoms. The molecule has 8 heteroatoms. The summed E-state index contributed by atoms with van der Waals surface area (Å²) in [5, 5.41) is 12.6. The molecular formula is C23H22N4O2S2. The molecule has 0 radical (unpaired) electrons. The number of nitrogens with zero attached hydrogens (tertiary/aromatic N) is 4. The van der Waals surface area contributed by atoms with Crippen LogP contribution in [0.3, 0.4) is 0 Å². The van der Waals surface area contributed by atoms with Crippen LogP contribution in [0.5, 0.6) is 11.5 Å². The van der Waals surface area contributed by atoms with Crippen LogP contribution < -0.4 is 9.47 Å². The van der Waals surface area contributed by atoms with E-state index in [-0.39, 0.29) is 0 Å². The Balaban J connectivity index is 1.41. The lowest BCUT2D eigenvalue weighted by Crippen LogP contribution is -2.07. The van der Waals surface area contributed by atoms with Crippen LogP contribution in [-0.2, 0) is 18.9 Å². The molecule has 0 atom stereocenters. The molecule has 0 amide bonds. The minimum atomic E-state index is 0.322. The highest BCUT2D eigenvalue weighted by Crippen LogP contribution is 2.28. The molecular weight excluding hydrogens is 428 g/mol. The van der Waals surface area contributed by atoms with Crippen molar-refractivity contribution in [2.45, 2.75) is 24.1 Å². The summed E-state index contributed by atoms with van der Waals surface area (Å²) in [6.45, 7) is 4.80. The standard InChI is InChI=1S/C23H22N4O2S2/c1-3-13-27-21(14-29-20-11-9-19(28-2)10-12-20)25-26-23(27)31-16-18-15-30-22(24-18)17-7-5-4-6-8-17/h3-12,15H,1,13-14,16H2,2H3. The molecule has 0 unspecified atom stereocenters. The SMILES string of the molecule is C=CCn1c(COc2ccc(OC)cc2)nnc1SCc1csc(-c2ccccc2)n1. The van der Waals surface area contributed by atoms with Crippen molar-refractivity contribution in [3.8, 4) is 22.1 Å². The summed E-state index contributed by atoms with van der Waals surface area (Å²) < 4.78 is 13.1. The van der Waals surface area contributed by atoms with Crippen LogP contribution in [0.2, 0.25) is 0 Å². The van der Waals surface area contributed by atoms with E-state index in [1.54, 1.807) is 30.2 Å². The van der Waals surface area contributed by atoms with Crippen molar-refractivity contribution in [2.24, 2.45) is 0 Å². The molecule has 4 aromatic rings. The van der Waals surface area contributed by atoms with Gasteiger partial charge >= 0.3 is 0 Å². The summed E-state index contributed by atoms with van der Waals surface area (Å²) in [5.74, 6) is 3.01. The second kappa shape index (κ2) is 10.3. The molecule has 2 aromatic carbocycles. The van der Waals surface area contributed by atoms with Gasteiger partial charge in [0.25, 0.3) is 0 Å². The van der Waals surface area contributed by atoms with Crippen molar-refractivity contribution >= 4 is 23.1 Å². The van der Waals surface area contributed by atoms with Crippen molar-refractivity contribution in [1.29, 1.82) is 0 Å². The molecule has 0 aliphatic rings. The molecule has 0 fully saturated rings. The molecule has 0 bridgehead atoms. The van der Waals surface area contributed by atoms with E-state index in [2.05, 4.69) is 34.3 Å². The van der Waals surface area contributed by atoms with Crippen molar-refractivity contribution in [3.05, 3.63) is 84.2 Å². The number of allylic oxidation sites excluding steroid dienone is 1. The van der Waals surface area contributed by atoms with Crippen LogP contribution in [0.25, 0.3) is 10.6 Å². The predicted octanol–water partition coefficient (Wildman–Crippen LogP) is 5.47. The van der Waals surface area contributed by atoms with Gasteiger partial charge < -0.3 is 9.47 Å². The maximum absolute atomic E-state index is 5.87. The third-order valence-corrected chi connectivity index (χ3v) is 6.39. The first-order chi connectivity index (χ1) is 15.3. The zero-order valence-corrected chi connectivity index (χ0v) is 18.7. The number of rotatable bonds is 10. The van der Waals surface area contributed by atoms with E-state index in [0.717, 1.165) is 44.5 Å². The first kappa shape index (κ1) is 21.1. The van der Waals surface area contributed by atoms with E-state index in [4.69, 9.17) is 14.5 Å². The van der Waals surface area contributed by atoms with Gasteiger partial charge in [-0.3, -0.25) is 4.57 Å². The Hall–Kier alpha value is -3.10. The van der Waals surface area contributed by atoms with Crippen LogP contribution in [0.4, 0.5) is 0 Å². The highest BCUT2D eigenvalue weighted by atomic mass is 32.2. The largest absolute Gasteiger partial charge is 0.497 e. The van der Waals surface area contributed by atoms with E-state index in [9.17, 15) is 0 Å². The number of aromatic nitrogens is 4. The first-order valence-electron chi connectivity index (χ1n) is 9.69. The van der Waals surface area contributed by atoms with Gasteiger partial charge in [0.15, 0.2) is 11.0 Å². The summed E-state index contributed by atoms with van der Waals surface area (Å²) >= 11 is 3.26. The van der Waals surface area contributed by atoms with E-state index in [0.29, 0.717) is 13.2 Å². The van der Waals surface area contributed by atoms with Gasteiger partial charge in [-0.05, 0) is 24.3 Å². The molecule has 6 nitrogen and oxygen atoms in total. The van der Waals surface area contributed by atoms with E-state index < -0.39 is 0 Å². The van der Waals surface area contributed by atoms with E-state index in [1.165, 1.54) is 0 Å². The lowest BCUT2D eigenvalue weighted by atomic mass is 10.2. The quantitative estimate of drug-likeness (QED) is 0.236. The van der Waals surface area contributed by atoms with E-state index >= 15 is 0 Å². The van der Waals surface area contributed by atoms with Crippen LogP contribution in [0, 0.1) is 0 Å². The number of hydrogen-bond donors (Lipinski definition) is 0. The summed E-state index contributed by atoms with van der Waals surface area (Å²) in [5.41, 5.74) is 2.16. The van der Waals surface area contributed by atoms with Gasteiger partial charge in [0.1, 0.15) is 23.1 Å². The molecule has 2 heterocycles. The Morgan fingerprint density at radius 1 is 1.06 bits per heavy atom. The normalized spacial score (nSPS) is 10.7. The Labute approximate surface area is 189 Å². The Kier molecular flexibility index (Phi) is 7.01. The number of ether oxygens (including phenoxy) is 2. The van der Waals surface area contributed by atoms with Crippen LogP contribution in [-0.4, -0.2) is 26.9 Å². The van der Waals surface area contributed by atoms with Gasteiger partial charge in [0, 0.05) is 23.2 Å². The maximum Gasteiger partial charge on any atom is 0.191 e. The monoisotopic (exact) mass is 450 g/mol. The van der Waals surface area contributed by atoms with Crippen molar-refractivity contribution in [1.82, 2.24) is 19.7 Å². The summed E-state index contributed by atoms with van der Waals surface area (Å²) in [4.78, 5) is 4.75. The molecule has 0 aliphatic carbocycles. The molecule has 2 aromatic heterocycles. The Morgan fingerprint density at radius 2 is 1.84 bits per heavy atom. The van der Waals surface area contributed by atoms with Gasteiger partial charge in [-0.15, -0.1) is 28.1 Å². The summed E-state index contributed by atoms with van der Waals surface area (Å²) in [6.07, 6.45) is 1.83. The molecule has 31 heavy (non-hydrogen) atoms. The number of methoxy groups -OCH3 is 1. The summed E-state index contributed by atoms with van der Waals surface area (Å²) in [6, 6.07) is 17.7. The molecule has 0 saturated carbocycles. The second-order valence-corrected chi connectivity index (χ2v) is 8.36. The average molecular weight is 451 g/mol. The molecule has 4 rings (SSSR count). The smallest absolute Gasteiger partial charge is 0.191 e. The minimum absolute atomic E-state index is 0.322. The number of thiazole rings is 1. The van der Waals surface area contributed by atoms with Crippen LogP contribution in [0.1, 0.15) is 11.5 Å². The fraction of sp³-hybridized carbons (Fsp3) is 0.174. The lowest BCUT2D eigenvalue weighted by molar-refractivity contribution is 0.288. The topological polar surface area (TPSA) is 62.1 Å². The zero-order chi connectivity index (χ0) is 21.5. The molecule has 0 saturated heterocycles. The molecule has 158 valence electrons. The average Bonchev–Trinajstić information content (AvgIpc) is 3.45. The third-order valence-electron chi connectivity index (χ3n) is 4.45. The molecule has 0 N–H and O–H groups in total. The van der Waals surface area contributed by atoms with Crippen molar-refractivity contribution in [3.63, 3.8) is 0 Å². The fourth-order valence-corrected chi connectivity index (χ4v) is 4.68. The van der Waals surface area contributed by atoms with Gasteiger partial charge in [0.2, 0.25) is 0 Å². The second-order valence-electron chi connectivity index (χ2n) is 6.56. The lowest BCUT2D eigenvalue weighted by Gasteiger charge is -2.09. The van der Waals surface area contributed by atoms with E-state index in [1.807, 2.05) is 53.1 Å². The first-order valence-corrected chi connectivity index (χ1v) is 11.6. The third kappa shape index (κ3) is 5.34. The zero-order valence-electron chi connectivity index (χ0n) is 17.1. The van der Waals surface area contributed by atoms with Gasteiger partial charge in [-0.1, -0.05) is 48.2 Å². The highest BCUT2D eigenvalue weighted by molar-refractivity contribution is 7.98. The Morgan fingerprint density at radius 3 is 2.58 bits per heavy atom. The van der Waals surface area contributed by atoms with Crippen LogP contribution >= 0.6 is 23.1 Å². The van der Waals surface area contributed by atoms with Gasteiger partial charge in [-0.25, -0.2) is 4.98 Å². The number of hydrogen-bond acceptors (Lipinski definition) is 7.